The number of halogens is 2. The van der Waals surface area contributed by atoms with Crippen molar-refractivity contribution in [2.75, 3.05) is 11.1 Å². The fourth-order valence-corrected chi connectivity index (χ4v) is 2.61. The van der Waals surface area contributed by atoms with Gasteiger partial charge in [0, 0.05) is 42.9 Å². The molecule has 0 fully saturated rings. The Balaban J connectivity index is 0.00000139. The molecular weight excluding hydrogens is 530 g/mol. The minimum atomic E-state index is -0.362. The number of rotatable bonds is 2. The minimum absolute atomic E-state index is 0.176. The molecule has 0 saturated heterocycles. The molecule has 1 amide bonds. The van der Waals surface area contributed by atoms with E-state index in [0.29, 0.717) is 0 Å². The van der Waals surface area contributed by atoms with E-state index >= 15 is 0 Å². The maximum absolute atomic E-state index is 12.5. The number of carbonyl (C=O) groups is 1. The van der Waals surface area contributed by atoms with E-state index in [4.69, 9.17) is 5.73 Å². The smallest absolute Gasteiger partial charge is 0.259 e. The first-order valence-electron chi connectivity index (χ1n) is 7.35. The van der Waals surface area contributed by atoms with E-state index in [1.165, 1.54) is 5.56 Å². The van der Waals surface area contributed by atoms with Crippen molar-refractivity contribution in [2.24, 2.45) is 0 Å². The Morgan fingerprint density at radius 1 is 0.958 bits per heavy atom. The zero-order valence-corrected chi connectivity index (χ0v) is 18.7. The molecule has 6 heteroatoms. The zero-order valence-electron chi connectivity index (χ0n) is 14.4. The number of benzene rings is 2. The van der Waals surface area contributed by atoms with E-state index in [0.717, 1.165) is 27.9 Å². The van der Waals surface area contributed by atoms with Crippen LogP contribution in [0.15, 0.2) is 18.2 Å². The molecule has 0 aliphatic carbocycles. The van der Waals surface area contributed by atoms with Crippen LogP contribution < -0.4 is 11.1 Å². The van der Waals surface area contributed by atoms with Gasteiger partial charge in [0.05, 0.1) is 11.3 Å². The number of phenols is 1. The Kier molecular flexibility index (Phi) is 7.78. The number of nitrogens with two attached hydrogens (primary N) is 1. The molecular formula is C18H22I2N2O2. The highest BCUT2D eigenvalue weighted by Crippen LogP contribution is 2.31. The Morgan fingerprint density at radius 2 is 1.42 bits per heavy atom. The van der Waals surface area contributed by atoms with Gasteiger partial charge in [-0.1, -0.05) is 6.07 Å². The van der Waals surface area contributed by atoms with Crippen LogP contribution in [0.2, 0.25) is 0 Å². The molecule has 0 aliphatic rings. The predicted octanol–water partition coefficient (Wildman–Crippen LogP) is 5.54. The normalized spacial score (nSPS) is 9.96. The van der Waals surface area contributed by atoms with Crippen molar-refractivity contribution in [3.8, 4) is 5.75 Å². The number of hydrogen-bond acceptors (Lipinski definition) is 3. The lowest BCUT2D eigenvalue weighted by Crippen LogP contribution is -2.16. The van der Waals surface area contributed by atoms with Crippen molar-refractivity contribution in [1.29, 1.82) is 0 Å². The minimum Gasteiger partial charge on any atom is -0.505 e. The van der Waals surface area contributed by atoms with E-state index in [2.05, 4.69) is 49.5 Å². The van der Waals surface area contributed by atoms with Gasteiger partial charge in [-0.15, -0.1) is 0 Å². The van der Waals surface area contributed by atoms with Crippen LogP contribution in [0.25, 0.3) is 0 Å². The van der Waals surface area contributed by atoms with Crippen LogP contribution >= 0.6 is 37.2 Å². The van der Waals surface area contributed by atoms with Gasteiger partial charge in [0.15, 0.2) is 5.75 Å². The van der Waals surface area contributed by atoms with Gasteiger partial charge in [-0.25, -0.2) is 0 Å². The third kappa shape index (κ3) is 4.14. The van der Waals surface area contributed by atoms with Crippen LogP contribution in [-0.2, 0) is 0 Å². The van der Waals surface area contributed by atoms with E-state index < -0.39 is 0 Å². The molecule has 4 nitrogen and oxygen atoms in total. The second kappa shape index (κ2) is 8.89. The average molecular weight is 552 g/mol. The highest BCUT2D eigenvalue weighted by Gasteiger charge is 2.17. The molecule has 24 heavy (non-hydrogen) atoms. The Labute approximate surface area is 166 Å². The van der Waals surface area contributed by atoms with Crippen LogP contribution in [-0.4, -0.2) is 11.0 Å². The molecule has 0 unspecified atom stereocenters. The number of aromatic hydroxyl groups is 1. The van der Waals surface area contributed by atoms with Crippen molar-refractivity contribution in [3.63, 3.8) is 0 Å². The van der Waals surface area contributed by atoms with E-state index in [-0.39, 0.29) is 22.9 Å². The van der Waals surface area contributed by atoms with Gasteiger partial charge < -0.3 is 16.2 Å². The summed E-state index contributed by atoms with van der Waals surface area (Å²) in [6, 6.07) is 4.76. The molecule has 2 aromatic rings. The summed E-state index contributed by atoms with van der Waals surface area (Å²) in [4.78, 5) is 12.5. The van der Waals surface area contributed by atoms with E-state index in [1.54, 1.807) is 18.2 Å². The maximum atomic E-state index is 12.5. The number of carbonyl (C=O) groups excluding carboxylic acids is 1. The largest absolute Gasteiger partial charge is 0.505 e. The molecule has 0 spiro atoms. The Bertz CT molecular complexity index is 745. The Hall–Kier alpha value is -1.03. The molecule has 130 valence electrons. The van der Waals surface area contributed by atoms with Gasteiger partial charge in [-0.05, 0) is 74.6 Å². The zero-order chi connectivity index (χ0) is 18.6. The number of phenolic OH excluding ortho intramolecular Hbond substituents is 1. The lowest BCUT2D eigenvalue weighted by atomic mass is 9.93. The third-order valence-electron chi connectivity index (χ3n) is 4.55. The maximum Gasteiger partial charge on any atom is 0.259 e. The third-order valence-corrected chi connectivity index (χ3v) is 4.55. The topological polar surface area (TPSA) is 75.4 Å². The number of hydrogen-bond donors (Lipinski definition) is 3. The molecule has 0 atom stereocenters. The molecule has 0 saturated carbocycles. The van der Waals surface area contributed by atoms with Crippen molar-refractivity contribution >= 4 is 54.5 Å². The van der Waals surface area contributed by atoms with Crippen molar-refractivity contribution in [3.05, 3.63) is 51.6 Å². The summed E-state index contributed by atoms with van der Waals surface area (Å²) in [6.45, 7) is 10.2. The highest BCUT2D eigenvalue weighted by molar-refractivity contribution is 15.0. The molecule has 0 aromatic heterocycles. The molecule has 0 heterocycles. The number of nitrogen functional groups attached to an aromatic ring is 1. The van der Waals surface area contributed by atoms with Gasteiger partial charge in [-0.2, -0.15) is 0 Å². The summed E-state index contributed by atoms with van der Waals surface area (Å²) in [6.07, 6.45) is 0. The summed E-state index contributed by atoms with van der Waals surface area (Å²) in [5.74, 6) is -0.547. The van der Waals surface area contributed by atoms with Gasteiger partial charge in [-0.3, -0.25) is 4.79 Å². The average Bonchev–Trinajstić information content (AvgIpc) is 2.59. The van der Waals surface area contributed by atoms with Gasteiger partial charge >= 0.3 is 0 Å². The van der Waals surface area contributed by atoms with Gasteiger partial charge in [0.1, 0.15) is 0 Å². The second-order valence-corrected chi connectivity index (χ2v) is 5.70. The number of amides is 1. The fourth-order valence-electron chi connectivity index (χ4n) is 2.61. The standard InChI is InChI=1S/C18H22N2O2.I2/c1-9-10(2)12(4)16(13(5)11(9)3)20-18(22)14-7-6-8-15(19)17(14)21;1-2/h6-8,21H,19H2,1-5H3,(H,20,22);. The molecule has 2 rings (SSSR count). The lowest BCUT2D eigenvalue weighted by molar-refractivity contribution is 0.102. The summed E-state index contributed by atoms with van der Waals surface area (Å²) >= 11 is 4.24. The van der Waals surface area contributed by atoms with Crippen molar-refractivity contribution in [2.45, 2.75) is 34.6 Å². The fraction of sp³-hybridized carbons (Fsp3) is 0.278. The quantitative estimate of drug-likeness (QED) is 0.260. The first-order valence-corrected chi connectivity index (χ1v) is 13.6. The van der Waals surface area contributed by atoms with Crippen LogP contribution in [0.1, 0.15) is 38.2 Å². The molecule has 0 radical (unpaired) electrons. The molecule has 4 N–H and O–H groups in total. The summed E-state index contributed by atoms with van der Waals surface area (Å²) < 4.78 is 0. The van der Waals surface area contributed by atoms with Crippen molar-refractivity contribution in [1.82, 2.24) is 0 Å². The molecule has 0 aliphatic heterocycles. The van der Waals surface area contributed by atoms with E-state index in [9.17, 15) is 9.90 Å². The predicted molar refractivity (Wildman–Crippen MR) is 119 cm³/mol. The monoisotopic (exact) mass is 552 g/mol. The van der Waals surface area contributed by atoms with Gasteiger partial charge in [0.2, 0.25) is 0 Å². The highest BCUT2D eigenvalue weighted by atomic mass is 128. The number of anilines is 2. The van der Waals surface area contributed by atoms with Gasteiger partial charge in [0.25, 0.3) is 5.91 Å². The molecule has 0 bridgehead atoms. The van der Waals surface area contributed by atoms with Crippen molar-refractivity contribution < 1.29 is 9.90 Å². The Morgan fingerprint density at radius 3 is 1.92 bits per heavy atom. The SMILES string of the molecule is Cc1c(C)c(C)c(NC(=O)c2cccc(N)c2O)c(C)c1C.II. The van der Waals surface area contributed by atoms with Crippen LogP contribution in [0.4, 0.5) is 11.4 Å². The second-order valence-electron chi connectivity index (χ2n) is 5.70. The summed E-state index contributed by atoms with van der Waals surface area (Å²) in [5, 5.41) is 12.9. The van der Waals surface area contributed by atoms with E-state index in [1.807, 2.05) is 27.7 Å². The molecule has 2 aromatic carbocycles. The number of nitrogens with one attached hydrogen (secondary N) is 1. The first kappa shape index (κ1) is 21.0. The first-order chi connectivity index (χ1) is 11.3. The number of para-hydroxylation sites is 1. The van der Waals surface area contributed by atoms with Crippen LogP contribution in [0, 0.1) is 34.6 Å². The van der Waals surface area contributed by atoms with Crippen LogP contribution in [0.3, 0.4) is 0 Å². The summed E-state index contributed by atoms with van der Waals surface area (Å²) in [7, 11) is 0. The lowest BCUT2D eigenvalue weighted by Gasteiger charge is -2.19. The summed E-state index contributed by atoms with van der Waals surface area (Å²) in [5.41, 5.74) is 12.5. The van der Waals surface area contributed by atoms with Crippen LogP contribution in [0.5, 0.6) is 5.75 Å².